The average molecular weight is 250 g/mol. The van der Waals surface area contributed by atoms with Crippen molar-refractivity contribution in [2.75, 3.05) is 11.9 Å². The minimum Gasteiger partial charge on any atom is -0.384 e. The van der Waals surface area contributed by atoms with Crippen molar-refractivity contribution in [1.29, 1.82) is 0 Å². The van der Waals surface area contributed by atoms with E-state index in [0.29, 0.717) is 5.92 Å². The molecule has 0 aromatic heterocycles. The van der Waals surface area contributed by atoms with Gasteiger partial charge >= 0.3 is 0 Å². The van der Waals surface area contributed by atoms with Crippen LogP contribution >= 0.6 is 11.6 Å². The third-order valence-electron chi connectivity index (χ3n) is 4.33. The molecule has 1 aromatic rings. The molecule has 0 radical (unpaired) electrons. The van der Waals surface area contributed by atoms with Crippen molar-refractivity contribution in [3.63, 3.8) is 0 Å². The van der Waals surface area contributed by atoms with Crippen LogP contribution < -0.4 is 5.32 Å². The molecule has 1 aliphatic carbocycles. The van der Waals surface area contributed by atoms with Gasteiger partial charge in [-0.05, 0) is 36.1 Å². The first-order valence-corrected chi connectivity index (χ1v) is 7.24. The SMILES string of the molecule is Clc1ccc2c(c1)C(CC1CCCCC1)CN2. The summed E-state index contributed by atoms with van der Waals surface area (Å²) in [7, 11) is 0. The summed E-state index contributed by atoms with van der Waals surface area (Å²) in [6.07, 6.45) is 8.54. The topological polar surface area (TPSA) is 12.0 Å². The van der Waals surface area contributed by atoms with Gasteiger partial charge in [0.1, 0.15) is 0 Å². The molecule has 0 bridgehead atoms. The van der Waals surface area contributed by atoms with Gasteiger partial charge in [0.15, 0.2) is 0 Å². The van der Waals surface area contributed by atoms with Gasteiger partial charge in [-0.15, -0.1) is 0 Å². The molecule has 1 saturated carbocycles. The Kier molecular flexibility index (Phi) is 3.28. The van der Waals surface area contributed by atoms with Crippen molar-refractivity contribution in [2.24, 2.45) is 5.92 Å². The van der Waals surface area contributed by atoms with E-state index >= 15 is 0 Å². The van der Waals surface area contributed by atoms with Crippen molar-refractivity contribution in [3.05, 3.63) is 28.8 Å². The van der Waals surface area contributed by atoms with E-state index in [-0.39, 0.29) is 0 Å². The Morgan fingerprint density at radius 1 is 1.18 bits per heavy atom. The zero-order chi connectivity index (χ0) is 11.7. The van der Waals surface area contributed by atoms with Crippen LogP contribution in [-0.2, 0) is 0 Å². The third kappa shape index (κ3) is 2.44. The molecule has 1 atom stereocenters. The smallest absolute Gasteiger partial charge is 0.0410 e. The number of fused-ring (bicyclic) bond motifs is 1. The van der Waals surface area contributed by atoms with Crippen LogP contribution in [0.4, 0.5) is 5.69 Å². The van der Waals surface area contributed by atoms with Crippen LogP contribution in [0, 0.1) is 5.92 Å². The first-order valence-electron chi connectivity index (χ1n) is 6.86. The maximum atomic E-state index is 6.10. The number of halogens is 1. The normalized spacial score (nSPS) is 24.4. The summed E-state index contributed by atoms with van der Waals surface area (Å²) in [6, 6.07) is 6.26. The molecule has 2 aliphatic rings. The zero-order valence-corrected chi connectivity index (χ0v) is 11.0. The standard InChI is InChI=1S/C15H20ClN/c16-13-6-7-15-14(9-13)12(10-17-15)8-11-4-2-1-3-5-11/h6-7,9,11-12,17H,1-5,8,10H2. The molecule has 1 unspecified atom stereocenters. The highest BCUT2D eigenvalue weighted by molar-refractivity contribution is 6.30. The summed E-state index contributed by atoms with van der Waals surface area (Å²) in [5.74, 6) is 1.63. The fraction of sp³-hybridized carbons (Fsp3) is 0.600. The Morgan fingerprint density at radius 2 is 2.00 bits per heavy atom. The quantitative estimate of drug-likeness (QED) is 0.793. The molecule has 1 nitrogen and oxygen atoms in total. The fourth-order valence-electron chi connectivity index (χ4n) is 3.41. The molecular weight excluding hydrogens is 230 g/mol. The summed E-state index contributed by atoms with van der Waals surface area (Å²) < 4.78 is 0. The number of rotatable bonds is 2. The monoisotopic (exact) mass is 249 g/mol. The summed E-state index contributed by atoms with van der Waals surface area (Å²) in [4.78, 5) is 0. The van der Waals surface area contributed by atoms with E-state index in [4.69, 9.17) is 11.6 Å². The number of nitrogens with one attached hydrogen (secondary N) is 1. The van der Waals surface area contributed by atoms with Crippen LogP contribution in [-0.4, -0.2) is 6.54 Å². The maximum absolute atomic E-state index is 6.10. The third-order valence-corrected chi connectivity index (χ3v) is 4.57. The highest BCUT2D eigenvalue weighted by Gasteiger charge is 2.26. The summed E-state index contributed by atoms with van der Waals surface area (Å²) in [5.41, 5.74) is 2.75. The van der Waals surface area contributed by atoms with E-state index in [0.717, 1.165) is 17.5 Å². The van der Waals surface area contributed by atoms with Gasteiger partial charge in [0.25, 0.3) is 0 Å². The van der Waals surface area contributed by atoms with Gasteiger partial charge in [-0.2, -0.15) is 0 Å². The highest BCUT2D eigenvalue weighted by Crippen LogP contribution is 2.40. The van der Waals surface area contributed by atoms with Crippen LogP contribution in [0.3, 0.4) is 0 Å². The first kappa shape index (κ1) is 11.4. The second kappa shape index (κ2) is 4.89. The van der Waals surface area contributed by atoms with Gasteiger partial charge in [-0.1, -0.05) is 43.7 Å². The van der Waals surface area contributed by atoms with E-state index in [1.165, 1.54) is 49.8 Å². The second-order valence-electron chi connectivity index (χ2n) is 5.55. The average Bonchev–Trinajstić information content (AvgIpc) is 2.73. The molecule has 17 heavy (non-hydrogen) atoms. The van der Waals surface area contributed by atoms with Gasteiger partial charge < -0.3 is 5.32 Å². The zero-order valence-electron chi connectivity index (χ0n) is 10.2. The Morgan fingerprint density at radius 3 is 2.82 bits per heavy atom. The molecular formula is C15H20ClN. The van der Waals surface area contributed by atoms with Crippen LogP contribution in [0.2, 0.25) is 5.02 Å². The molecule has 2 heteroatoms. The Bertz CT molecular complexity index is 396. The number of anilines is 1. The lowest BCUT2D eigenvalue weighted by molar-refractivity contribution is 0.323. The molecule has 1 N–H and O–H groups in total. The molecule has 1 aliphatic heterocycles. The Balaban J connectivity index is 1.72. The Hall–Kier alpha value is -0.690. The van der Waals surface area contributed by atoms with Crippen molar-refractivity contribution < 1.29 is 0 Å². The van der Waals surface area contributed by atoms with Crippen LogP contribution in [0.25, 0.3) is 0 Å². The maximum Gasteiger partial charge on any atom is 0.0410 e. The van der Waals surface area contributed by atoms with Crippen LogP contribution in [0.15, 0.2) is 18.2 Å². The second-order valence-corrected chi connectivity index (χ2v) is 5.99. The molecule has 0 amide bonds. The van der Waals surface area contributed by atoms with Crippen molar-refractivity contribution in [3.8, 4) is 0 Å². The Labute approximate surface area is 109 Å². The van der Waals surface area contributed by atoms with Crippen molar-refractivity contribution in [1.82, 2.24) is 0 Å². The van der Waals surface area contributed by atoms with E-state index < -0.39 is 0 Å². The van der Waals surface area contributed by atoms with Gasteiger partial charge in [-0.25, -0.2) is 0 Å². The minimum atomic E-state index is 0.687. The molecule has 1 aromatic carbocycles. The number of hydrogen-bond acceptors (Lipinski definition) is 1. The largest absolute Gasteiger partial charge is 0.384 e. The van der Waals surface area contributed by atoms with Crippen LogP contribution in [0.5, 0.6) is 0 Å². The van der Waals surface area contributed by atoms with Gasteiger partial charge in [-0.3, -0.25) is 0 Å². The molecule has 1 heterocycles. The van der Waals surface area contributed by atoms with Crippen molar-refractivity contribution >= 4 is 17.3 Å². The molecule has 1 fully saturated rings. The minimum absolute atomic E-state index is 0.687. The van der Waals surface area contributed by atoms with E-state index in [9.17, 15) is 0 Å². The van der Waals surface area contributed by atoms with E-state index in [2.05, 4.69) is 17.4 Å². The molecule has 0 spiro atoms. The van der Waals surface area contributed by atoms with Gasteiger partial charge in [0.2, 0.25) is 0 Å². The van der Waals surface area contributed by atoms with E-state index in [1.54, 1.807) is 0 Å². The summed E-state index contributed by atoms with van der Waals surface area (Å²) in [5, 5.41) is 4.38. The lowest BCUT2D eigenvalue weighted by Gasteiger charge is -2.24. The lowest BCUT2D eigenvalue weighted by atomic mass is 9.81. The van der Waals surface area contributed by atoms with Gasteiger partial charge in [0.05, 0.1) is 0 Å². The van der Waals surface area contributed by atoms with Gasteiger partial charge in [0, 0.05) is 23.2 Å². The summed E-state index contributed by atoms with van der Waals surface area (Å²) >= 11 is 6.10. The molecule has 92 valence electrons. The lowest BCUT2D eigenvalue weighted by Crippen LogP contribution is -2.12. The fourth-order valence-corrected chi connectivity index (χ4v) is 3.59. The highest BCUT2D eigenvalue weighted by atomic mass is 35.5. The number of hydrogen-bond donors (Lipinski definition) is 1. The molecule has 0 saturated heterocycles. The van der Waals surface area contributed by atoms with Crippen LogP contribution in [0.1, 0.15) is 50.0 Å². The number of benzene rings is 1. The molecule has 3 rings (SSSR count). The summed E-state index contributed by atoms with van der Waals surface area (Å²) in [6.45, 7) is 1.10. The predicted octanol–water partition coefficient (Wildman–Crippen LogP) is 4.82. The predicted molar refractivity (Wildman–Crippen MR) is 73.9 cm³/mol. The van der Waals surface area contributed by atoms with E-state index in [1.807, 2.05) is 6.07 Å². The van der Waals surface area contributed by atoms with Crippen molar-refractivity contribution in [2.45, 2.75) is 44.4 Å². The first-order chi connectivity index (χ1) is 8.33.